The molecule has 0 amide bonds. The molecule has 21 heavy (non-hydrogen) atoms. The number of hydrogen-bond acceptors (Lipinski definition) is 7. The van der Waals surface area contributed by atoms with E-state index in [1.165, 1.54) is 0 Å². The third kappa shape index (κ3) is 3.79. The third-order valence-corrected chi connectivity index (χ3v) is 4.53. The molecule has 114 valence electrons. The Bertz CT molecular complexity index is 748. The summed E-state index contributed by atoms with van der Waals surface area (Å²) in [6, 6.07) is 2.14. The lowest BCUT2D eigenvalue weighted by Crippen LogP contribution is -2.12. The SMILES string of the molecule is CC(C)Cc1nnc(NS(=O)(=O)c2ccc(C(=O)O)o2)s1. The van der Waals surface area contributed by atoms with E-state index in [1.807, 2.05) is 13.8 Å². The number of carboxylic acid groups (broad SMARTS) is 1. The van der Waals surface area contributed by atoms with Gasteiger partial charge in [-0.2, -0.15) is 8.42 Å². The van der Waals surface area contributed by atoms with Gasteiger partial charge >= 0.3 is 5.97 Å². The zero-order chi connectivity index (χ0) is 15.6. The normalized spacial score (nSPS) is 11.8. The van der Waals surface area contributed by atoms with Crippen LogP contribution in [0.25, 0.3) is 0 Å². The summed E-state index contributed by atoms with van der Waals surface area (Å²) in [5.41, 5.74) is 0. The highest BCUT2D eigenvalue weighted by Gasteiger charge is 2.22. The van der Waals surface area contributed by atoms with Gasteiger partial charge in [-0.3, -0.25) is 4.72 Å². The van der Waals surface area contributed by atoms with Crippen molar-refractivity contribution in [1.82, 2.24) is 10.2 Å². The maximum atomic E-state index is 12.0. The molecule has 0 aliphatic carbocycles. The van der Waals surface area contributed by atoms with Crippen LogP contribution in [0.1, 0.15) is 29.4 Å². The molecule has 0 unspecified atom stereocenters. The second-order valence-corrected chi connectivity index (χ2v) is 7.30. The van der Waals surface area contributed by atoms with Crippen LogP contribution in [0, 0.1) is 5.92 Å². The first-order chi connectivity index (χ1) is 9.78. The highest BCUT2D eigenvalue weighted by Crippen LogP contribution is 2.22. The molecule has 2 aromatic heterocycles. The van der Waals surface area contributed by atoms with Crippen molar-refractivity contribution in [1.29, 1.82) is 0 Å². The van der Waals surface area contributed by atoms with Gasteiger partial charge in [0.1, 0.15) is 5.01 Å². The first-order valence-electron chi connectivity index (χ1n) is 5.96. The Morgan fingerprint density at radius 3 is 2.71 bits per heavy atom. The number of carbonyl (C=O) groups is 1. The maximum Gasteiger partial charge on any atom is 0.371 e. The molecule has 0 fully saturated rings. The van der Waals surface area contributed by atoms with Crippen LogP contribution in [-0.4, -0.2) is 29.7 Å². The van der Waals surface area contributed by atoms with E-state index in [0.29, 0.717) is 17.3 Å². The highest BCUT2D eigenvalue weighted by molar-refractivity contribution is 7.92. The molecule has 0 radical (unpaired) electrons. The lowest BCUT2D eigenvalue weighted by atomic mass is 10.1. The van der Waals surface area contributed by atoms with E-state index in [-0.39, 0.29) is 5.13 Å². The minimum Gasteiger partial charge on any atom is -0.475 e. The second-order valence-electron chi connectivity index (χ2n) is 4.63. The zero-order valence-electron chi connectivity index (χ0n) is 11.2. The number of nitrogens with one attached hydrogen (secondary N) is 1. The molecule has 2 aromatic rings. The van der Waals surface area contributed by atoms with Crippen molar-refractivity contribution in [3.05, 3.63) is 22.9 Å². The van der Waals surface area contributed by atoms with Crippen LogP contribution >= 0.6 is 11.3 Å². The van der Waals surface area contributed by atoms with Gasteiger partial charge in [0.05, 0.1) is 0 Å². The van der Waals surface area contributed by atoms with Gasteiger partial charge in [-0.25, -0.2) is 4.79 Å². The van der Waals surface area contributed by atoms with Gasteiger partial charge in [0.2, 0.25) is 16.0 Å². The summed E-state index contributed by atoms with van der Waals surface area (Å²) < 4.78 is 31.0. The Hall–Kier alpha value is -1.94. The molecule has 2 heterocycles. The highest BCUT2D eigenvalue weighted by atomic mass is 32.2. The fraction of sp³-hybridized carbons (Fsp3) is 0.364. The Morgan fingerprint density at radius 2 is 2.14 bits per heavy atom. The van der Waals surface area contributed by atoms with Crippen molar-refractivity contribution in [3.8, 4) is 0 Å². The number of carboxylic acids is 1. The molecule has 0 aromatic carbocycles. The second kappa shape index (κ2) is 5.82. The number of furan rings is 1. The predicted octanol–water partition coefficient (Wildman–Crippen LogP) is 1.83. The van der Waals surface area contributed by atoms with Gasteiger partial charge in [-0.05, 0) is 18.1 Å². The average molecular weight is 331 g/mol. The number of nitrogens with zero attached hydrogens (tertiary/aromatic N) is 2. The minimum absolute atomic E-state index is 0.110. The molecule has 10 heteroatoms. The summed E-state index contributed by atoms with van der Waals surface area (Å²) in [5.74, 6) is -1.41. The lowest BCUT2D eigenvalue weighted by Gasteiger charge is -2.00. The smallest absolute Gasteiger partial charge is 0.371 e. The van der Waals surface area contributed by atoms with Gasteiger partial charge in [0, 0.05) is 6.42 Å². The number of aromatic nitrogens is 2. The summed E-state index contributed by atoms with van der Waals surface area (Å²) in [7, 11) is -4.01. The van der Waals surface area contributed by atoms with Crippen LogP contribution in [0.3, 0.4) is 0 Å². The Balaban J connectivity index is 2.16. The van der Waals surface area contributed by atoms with E-state index in [9.17, 15) is 13.2 Å². The molecular formula is C11H13N3O5S2. The van der Waals surface area contributed by atoms with E-state index in [2.05, 4.69) is 14.9 Å². The van der Waals surface area contributed by atoms with Crippen LogP contribution < -0.4 is 4.72 Å². The fourth-order valence-electron chi connectivity index (χ4n) is 1.47. The fourth-order valence-corrected chi connectivity index (χ4v) is 3.59. The molecule has 0 aliphatic heterocycles. The molecule has 2 N–H and O–H groups in total. The average Bonchev–Trinajstić information content (AvgIpc) is 2.97. The van der Waals surface area contributed by atoms with Crippen molar-refractivity contribution in [2.24, 2.45) is 5.92 Å². The summed E-state index contributed by atoms with van der Waals surface area (Å²) in [6.07, 6.45) is 0.698. The predicted molar refractivity (Wildman–Crippen MR) is 74.9 cm³/mol. The zero-order valence-corrected chi connectivity index (χ0v) is 12.9. The molecule has 0 saturated carbocycles. The third-order valence-electron chi connectivity index (χ3n) is 2.33. The number of rotatable bonds is 6. The van der Waals surface area contributed by atoms with Crippen LogP contribution in [0.2, 0.25) is 0 Å². The molecule has 0 bridgehead atoms. The van der Waals surface area contributed by atoms with Crippen LogP contribution in [0.15, 0.2) is 21.6 Å². The first kappa shape index (κ1) is 15.4. The van der Waals surface area contributed by atoms with E-state index < -0.39 is 26.8 Å². The van der Waals surface area contributed by atoms with Crippen LogP contribution in [0.5, 0.6) is 0 Å². The molecule has 8 nitrogen and oxygen atoms in total. The topological polar surface area (TPSA) is 122 Å². The van der Waals surface area contributed by atoms with E-state index >= 15 is 0 Å². The molecular weight excluding hydrogens is 318 g/mol. The number of sulfonamides is 1. The summed E-state index contributed by atoms with van der Waals surface area (Å²) >= 11 is 1.13. The Morgan fingerprint density at radius 1 is 1.43 bits per heavy atom. The van der Waals surface area contributed by atoms with Gasteiger partial charge in [0.15, 0.2) is 0 Å². The van der Waals surface area contributed by atoms with Gasteiger partial charge in [0.25, 0.3) is 10.0 Å². The van der Waals surface area contributed by atoms with Gasteiger partial charge in [-0.15, -0.1) is 10.2 Å². The number of anilines is 1. The lowest BCUT2D eigenvalue weighted by molar-refractivity contribution is 0.0656. The summed E-state index contributed by atoms with van der Waals surface area (Å²) in [4.78, 5) is 10.7. The van der Waals surface area contributed by atoms with Gasteiger partial charge in [-0.1, -0.05) is 25.2 Å². The summed E-state index contributed by atoms with van der Waals surface area (Å²) in [6.45, 7) is 4.03. The maximum absolute atomic E-state index is 12.0. The van der Waals surface area contributed by atoms with Gasteiger partial charge < -0.3 is 9.52 Å². The van der Waals surface area contributed by atoms with Crippen molar-refractivity contribution < 1.29 is 22.7 Å². The molecule has 0 spiro atoms. The van der Waals surface area contributed by atoms with Crippen LogP contribution in [-0.2, 0) is 16.4 Å². The molecule has 2 rings (SSSR count). The van der Waals surface area contributed by atoms with Crippen molar-refractivity contribution in [3.63, 3.8) is 0 Å². The summed E-state index contributed by atoms with van der Waals surface area (Å²) in [5, 5.41) is 16.7. The minimum atomic E-state index is -4.01. The number of aromatic carboxylic acids is 1. The Labute approximate surface area is 124 Å². The van der Waals surface area contributed by atoms with E-state index in [0.717, 1.165) is 23.5 Å². The first-order valence-corrected chi connectivity index (χ1v) is 8.26. The molecule has 0 saturated heterocycles. The van der Waals surface area contributed by atoms with Crippen molar-refractivity contribution in [2.45, 2.75) is 25.4 Å². The number of hydrogen-bond donors (Lipinski definition) is 2. The van der Waals surface area contributed by atoms with Crippen LogP contribution in [0.4, 0.5) is 5.13 Å². The standard InChI is InChI=1S/C11H13N3O5S2/c1-6(2)5-8-12-13-11(20-8)14-21(17,18)9-4-3-7(19-9)10(15)16/h3-4,6H,5H2,1-2H3,(H,13,14)(H,15,16). The van der Waals surface area contributed by atoms with Crippen molar-refractivity contribution in [2.75, 3.05) is 4.72 Å². The largest absolute Gasteiger partial charge is 0.475 e. The van der Waals surface area contributed by atoms with E-state index in [4.69, 9.17) is 9.52 Å². The quantitative estimate of drug-likeness (QED) is 0.827. The monoisotopic (exact) mass is 331 g/mol. The van der Waals surface area contributed by atoms with E-state index in [1.54, 1.807) is 0 Å². The van der Waals surface area contributed by atoms with Crippen molar-refractivity contribution >= 4 is 32.5 Å². The molecule has 0 aliphatic rings. The molecule has 0 atom stereocenters. The Kier molecular flexibility index (Phi) is 4.28.